The Hall–Kier alpha value is -2.87. The molecule has 2 heterocycles. The van der Waals surface area contributed by atoms with Gasteiger partial charge in [0.15, 0.2) is 10.9 Å². The number of rotatable bonds is 6. The van der Waals surface area contributed by atoms with E-state index in [1.54, 1.807) is 10.7 Å². The first kappa shape index (κ1) is 23.3. The Morgan fingerprint density at radius 3 is 2.48 bits per heavy atom. The Kier molecular flexibility index (Phi) is 7.02. The van der Waals surface area contributed by atoms with Crippen molar-refractivity contribution in [3.05, 3.63) is 92.9 Å². The number of nitrogens with zero attached hydrogens (tertiary/aromatic N) is 4. The fourth-order valence-corrected chi connectivity index (χ4v) is 4.26. The molecule has 0 unspecified atom stereocenters. The molecule has 0 radical (unpaired) electrons. The molecular formula is C24H24Cl2N6S. The van der Waals surface area contributed by atoms with Crippen LogP contribution >= 0.6 is 35.4 Å². The number of halogens is 2. The van der Waals surface area contributed by atoms with Crippen LogP contribution in [-0.4, -0.2) is 24.7 Å². The smallest absolute Gasteiger partial charge is 0.176 e. The predicted molar refractivity (Wildman–Crippen MR) is 140 cm³/mol. The van der Waals surface area contributed by atoms with Gasteiger partial charge in [0.05, 0.1) is 30.2 Å². The molecule has 2 N–H and O–H groups in total. The lowest BCUT2D eigenvalue weighted by Crippen LogP contribution is -2.20. The van der Waals surface area contributed by atoms with Crippen LogP contribution in [0, 0.1) is 20.8 Å². The maximum Gasteiger partial charge on any atom is 0.176 e. The maximum absolute atomic E-state index is 6.27. The highest BCUT2D eigenvalue weighted by Crippen LogP contribution is 2.23. The molecule has 4 aromatic rings. The predicted octanol–water partition coefficient (Wildman–Crippen LogP) is 6.22. The summed E-state index contributed by atoms with van der Waals surface area (Å²) in [6.07, 6.45) is 1.87. The van der Waals surface area contributed by atoms with Gasteiger partial charge in [-0.05, 0) is 61.8 Å². The Balaban J connectivity index is 1.41. The zero-order valence-corrected chi connectivity index (χ0v) is 20.9. The molecule has 2 aromatic carbocycles. The minimum absolute atomic E-state index is 0.450. The van der Waals surface area contributed by atoms with E-state index in [1.165, 1.54) is 11.1 Å². The second kappa shape index (κ2) is 9.95. The van der Waals surface area contributed by atoms with Gasteiger partial charge in [-0.1, -0.05) is 53.5 Å². The topological polar surface area (TPSA) is 59.7 Å². The summed E-state index contributed by atoms with van der Waals surface area (Å²) in [7, 11) is 0. The lowest BCUT2D eigenvalue weighted by atomic mass is 10.1. The molecule has 170 valence electrons. The third-order valence-corrected chi connectivity index (χ3v) is 6.22. The molecule has 0 fully saturated rings. The van der Waals surface area contributed by atoms with Gasteiger partial charge in [-0.2, -0.15) is 10.2 Å². The molecule has 2 aromatic heterocycles. The van der Waals surface area contributed by atoms with Crippen molar-refractivity contribution in [2.75, 3.05) is 10.6 Å². The fourth-order valence-electron chi connectivity index (χ4n) is 3.58. The summed E-state index contributed by atoms with van der Waals surface area (Å²) < 4.78 is 3.78. The van der Waals surface area contributed by atoms with Gasteiger partial charge in [0, 0.05) is 22.3 Å². The van der Waals surface area contributed by atoms with E-state index in [2.05, 4.69) is 34.8 Å². The number of anilines is 2. The quantitative estimate of drug-likeness (QED) is 0.309. The minimum atomic E-state index is 0.450. The van der Waals surface area contributed by atoms with Gasteiger partial charge in [0.2, 0.25) is 0 Å². The van der Waals surface area contributed by atoms with Crippen molar-refractivity contribution in [2.24, 2.45) is 0 Å². The summed E-state index contributed by atoms with van der Waals surface area (Å²) in [5.41, 5.74) is 6.21. The zero-order chi connectivity index (χ0) is 23.5. The van der Waals surface area contributed by atoms with Gasteiger partial charge in [0.1, 0.15) is 0 Å². The van der Waals surface area contributed by atoms with E-state index >= 15 is 0 Å². The van der Waals surface area contributed by atoms with Crippen LogP contribution in [0.25, 0.3) is 0 Å². The van der Waals surface area contributed by atoms with Crippen molar-refractivity contribution < 1.29 is 0 Å². The molecule has 0 saturated carbocycles. The van der Waals surface area contributed by atoms with Crippen molar-refractivity contribution in [1.29, 1.82) is 0 Å². The van der Waals surface area contributed by atoms with Crippen LogP contribution in [-0.2, 0) is 13.1 Å². The van der Waals surface area contributed by atoms with Gasteiger partial charge in [-0.15, -0.1) is 0 Å². The molecule has 0 amide bonds. The standard InChI is InChI=1S/C24H24Cl2N6S/c1-15-6-4-5-7-18(15)14-32-17(3)23(16(2)29-32)28-24(33)27-22-10-11-31(30-22)13-19-8-9-20(25)12-21(19)26/h4-12H,13-14H2,1-3H3,(H2,27,28,30,33). The van der Waals surface area contributed by atoms with Gasteiger partial charge >= 0.3 is 0 Å². The first-order valence-electron chi connectivity index (χ1n) is 10.4. The largest absolute Gasteiger partial charge is 0.329 e. The number of thiocarbonyl (C=S) groups is 1. The van der Waals surface area contributed by atoms with E-state index in [9.17, 15) is 0 Å². The molecule has 0 atom stereocenters. The summed E-state index contributed by atoms with van der Waals surface area (Å²) >= 11 is 17.8. The third kappa shape index (κ3) is 5.55. The SMILES string of the molecule is Cc1ccccc1Cn1nc(C)c(NC(=S)Nc2ccn(Cc3ccc(Cl)cc3Cl)n2)c1C. The first-order valence-corrected chi connectivity index (χ1v) is 11.6. The Morgan fingerprint density at radius 2 is 1.73 bits per heavy atom. The molecule has 6 nitrogen and oxygen atoms in total. The second-order valence-corrected chi connectivity index (χ2v) is 9.10. The van der Waals surface area contributed by atoms with Crippen molar-refractivity contribution in [3.8, 4) is 0 Å². The average molecular weight is 499 g/mol. The van der Waals surface area contributed by atoms with Crippen molar-refractivity contribution in [3.63, 3.8) is 0 Å². The highest BCUT2D eigenvalue weighted by Gasteiger charge is 2.14. The van der Waals surface area contributed by atoms with E-state index in [0.29, 0.717) is 34.1 Å². The van der Waals surface area contributed by atoms with E-state index in [0.717, 1.165) is 22.6 Å². The zero-order valence-electron chi connectivity index (χ0n) is 18.6. The van der Waals surface area contributed by atoms with Crippen molar-refractivity contribution >= 4 is 52.0 Å². The van der Waals surface area contributed by atoms with E-state index < -0.39 is 0 Å². The summed E-state index contributed by atoms with van der Waals surface area (Å²) in [6, 6.07) is 15.6. The molecule has 0 aliphatic heterocycles. The lowest BCUT2D eigenvalue weighted by molar-refractivity contribution is 0.657. The second-order valence-electron chi connectivity index (χ2n) is 7.84. The van der Waals surface area contributed by atoms with E-state index in [1.807, 2.05) is 55.1 Å². The normalized spacial score (nSPS) is 10.9. The molecule has 0 saturated heterocycles. The molecule has 0 bridgehead atoms. The summed E-state index contributed by atoms with van der Waals surface area (Å²) in [5.74, 6) is 0.639. The van der Waals surface area contributed by atoms with Gasteiger partial charge in [-0.25, -0.2) is 0 Å². The highest BCUT2D eigenvalue weighted by atomic mass is 35.5. The van der Waals surface area contributed by atoms with Crippen LogP contribution < -0.4 is 10.6 Å². The number of aryl methyl sites for hydroxylation is 2. The summed E-state index contributed by atoms with van der Waals surface area (Å²) in [5, 5.41) is 17.3. The Morgan fingerprint density at radius 1 is 0.939 bits per heavy atom. The third-order valence-electron chi connectivity index (χ3n) is 5.43. The van der Waals surface area contributed by atoms with Crippen LogP contribution in [0.1, 0.15) is 28.1 Å². The van der Waals surface area contributed by atoms with Crippen LogP contribution in [0.4, 0.5) is 11.5 Å². The van der Waals surface area contributed by atoms with E-state index in [4.69, 9.17) is 40.5 Å². The number of hydrogen-bond acceptors (Lipinski definition) is 3. The number of nitrogens with one attached hydrogen (secondary N) is 2. The molecule has 0 aliphatic rings. The van der Waals surface area contributed by atoms with E-state index in [-0.39, 0.29) is 0 Å². The lowest BCUT2D eigenvalue weighted by Gasteiger charge is -2.11. The number of aromatic nitrogens is 4. The van der Waals surface area contributed by atoms with Crippen LogP contribution in [0.5, 0.6) is 0 Å². The van der Waals surface area contributed by atoms with Crippen LogP contribution in [0.15, 0.2) is 54.7 Å². The molecular weight excluding hydrogens is 475 g/mol. The number of benzene rings is 2. The fraction of sp³-hybridized carbons (Fsp3) is 0.208. The summed E-state index contributed by atoms with van der Waals surface area (Å²) in [4.78, 5) is 0. The summed E-state index contributed by atoms with van der Waals surface area (Å²) in [6.45, 7) is 7.35. The van der Waals surface area contributed by atoms with Crippen LogP contribution in [0.2, 0.25) is 10.0 Å². The molecule has 0 spiro atoms. The van der Waals surface area contributed by atoms with Gasteiger partial charge < -0.3 is 10.6 Å². The Bertz CT molecular complexity index is 1310. The first-order chi connectivity index (χ1) is 15.8. The molecule has 0 aliphatic carbocycles. The van der Waals surface area contributed by atoms with Crippen LogP contribution in [0.3, 0.4) is 0 Å². The van der Waals surface area contributed by atoms with Crippen molar-refractivity contribution in [1.82, 2.24) is 19.6 Å². The average Bonchev–Trinajstić information content (AvgIpc) is 3.31. The molecule has 4 rings (SSSR count). The van der Waals surface area contributed by atoms with Gasteiger partial charge in [-0.3, -0.25) is 9.36 Å². The number of hydrogen-bond donors (Lipinski definition) is 2. The Labute approximate surface area is 208 Å². The van der Waals surface area contributed by atoms with Crippen molar-refractivity contribution in [2.45, 2.75) is 33.9 Å². The molecule has 33 heavy (non-hydrogen) atoms. The maximum atomic E-state index is 6.27. The molecule has 9 heteroatoms. The minimum Gasteiger partial charge on any atom is -0.329 e. The van der Waals surface area contributed by atoms with Gasteiger partial charge in [0.25, 0.3) is 0 Å². The highest BCUT2D eigenvalue weighted by molar-refractivity contribution is 7.80. The monoisotopic (exact) mass is 498 g/mol.